The summed E-state index contributed by atoms with van der Waals surface area (Å²) in [6.45, 7) is 0. The van der Waals surface area contributed by atoms with Gasteiger partial charge in [-0.25, -0.2) is 0 Å². The summed E-state index contributed by atoms with van der Waals surface area (Å²) in [6.07, 6.45) is 2.02. The van der Waals surface area contributed by atoms with Crippen molar-refractivity contribution in [3.05, 3.63) is 18.2 Å². The number of nitrogen functional groups attached to an aromatic ring is 1. The molecule has 0 amide bonds. The van der Waals surface area contributed by atoms with Crippen LogP contribution in [0.25, 0.3) is 10.1 Å². The molecular formula is C9H9NOS2. The van der Waals surface area contributed by atoms with E-state index in [1.165, 1.54) is 4.21 Å². The number of hydrogen-bond acceptors (Lipinski definition) is 4. The van der Waals surface area contributed by atoms with E-state index in [0.29, 0.717) is 5.69 Å². The van der Waals surface area contributed by atoms with Gasteiger partial charge >= 0.3 is 0 Å². The summed E-state index contributed by atoms with van der Waals surface area (Å²) in [7, 11) is 0. The Morgan fingerprint density at radius 3 is 2.85 bits per heavy atom. The fourth-order valence-corrected chi connectivity index (χ4v) is 2.85. The fourth-order valence-electron chi connectivity index (χ4n) is 1.23. The number of rotatable bonds is 1. The SMILES string of the molecule is CSc1cc2cc(N)cc(O)c2s1. The summed E-state index contributed by atoms with van der Waals surface area (Å²) in [5.41, 5.74) is 6.22. The summed E-state index contributed by atoms with van der Waals surface area (Å²) in [5, 5.41) is 10.6. The van der Waals surface area contributed by atoms with Crippen molar-refractivity contribution in [2.45, 2.75) is 4.21 Å². The minimum Gasteiger partial charge on any atom is -0.506 e. The molecule has 3 N–H and O–H groups in total. The Morgan fingerprint density at radius 1 is 1.38 bits per heavy atom. The van der Waals surface area contributed by atoms with Crippen LogP contribution in [0.5, 0.6) is 5.75 Å². The molecule has 2 rings (SSSR count). The molecule has 0 fully saturated rings. The molecule has 2 nitrogen and oxygen atoms in total. The number of phenols is 1. The van der Waals surface area contributed by atoms with Crippen molar-refractivity contribution in [1.82, 2.24) is 0 Å². The van der Waals surface area contributed by atoms with Crippen LogP contribution in [0, 0.1) is 0 Å². The maximum absolute atomic E-state index is 9.58. The molecule has 0 saturated heterocycles. The van der Waals surface area contributed by atoms with Crippen LogP contribution in [0.2, 0.25) is 0 Å². The summed E-state index contributed by atoms with van der Waals surface area (Å²) in [4.78, 5) is 0. The maximum Gasteiger partial charge on any atom is 0.135 e. The molecular weight excluding hydrogens is 202 g/mol. The quantitative estimate of drug-likeness (QED) is 0.563. The lowest BCUT2D eigenvalue weighted by atomic mass is 10.2. The molecule has 4 heteroatoms. The van der Waals surface area contributed by atoms with Gasteiger partial charge in [-0.15, -0.1) is 23.1 Å². The number of fused-ring (bicyclic) bond motifs is 1. The first-order chi connectivity index (χ1) is 6.20. The Balaban J connectivity index is 2.75. The average Bonchev–Trinajstić information content (AvgIpc) is 2.47. The smallest absolute Gasteiger partial charge is 0.135 e. The molecule has 1 heterocycles. The second-order valence-corrected chi connectivity index (χ2v) is 4.89. The monoisotopic (exact) mass is 211 g/mol. The van der Waals surface area contributed by atoms with Gasteiger partial charge in [0.1, 0.15) is 5.75 Å². The van der Waals surface area contributed by atoms with Crippen LogP contribution >= 0.6 is 23.1 Å². The van der Waals surface area contributed by atoms with Crippen LogP contribution in [-0.4, -0.2) is 11.4 Å². The molecule has 0 radical (unpaired) electrons. The normalized spacial score (nSPS) is 10.8. The first-order valence-corrected chi connectivity index (χ1v) is 5.81. The molecule has 0 unspecified atom stereocenters. The standard InChI is InChI=1S/C9H9NOS2/c1-12-8-3-5-2-6(10)4-7(11)9(5)13-8/h2-4,11H,10H2,1H3. The van der Waals surface area contributed by atoms with E-state index in [9.17, 15) is 5.11 Å². The molecule has 0 aliphatic rings. The summed E-state index contributed by atoms with van der Waals surface area (Å²) < 4.78 is 2.11. The molecule has 13 heavy (non-hydrogen) atoms. The second-order valence-electron chi connectivity index (χ2n) is 2.73. The van der Waals surface area contributed by atoms with Gasteiger partial charge in [0.05, 0.1) is 8.91 Å². The number of thiophene rings is 1. The molecule has 1 aromatic carbocycles. The highest BCUT2D eigenvalue weighted by atomic mass is 32.2. The largest absolute Gasteiger partial charge is 0.506 e. The van der Waals surface area contributed by atoms with Gasteiger partial charge in [0.2, 0.25) is 0 Å². The molecule has 2 aromatic rings. The Hall–Kier alpha value is -0.870. The molecule has 68 valence electrons. The predicted octanol–water partition coefficient (Wildman–Crippen LogP) is 2.91. The molecule has 0 spiro atoms. The third kappa shape index (κ3) is 1.47. The van der Waals surface area contributed by atoms with Crippen molar-refractivity contribution in [2.24, 2.45) is 0 Å². The number of aromatic hydroxyl groups is 1. The van der Waals surface area contributed by atoms with Gasteiger partial charge < -0.3 is 10.8 Å². The highest BCUT2D eigenvalue weighted by Crippen LogP contribution is 2.38. The van der Waals surface area contributed by atoms with Crippen LogP contribution < -0.4 is 5.73 Å². The Bertz CT molecular complexity index is 450. The highest BCUT2D eigenvalue weighted by Gasteiger charge is 2.05. The molecule has 0 aliphatic carbocycles. The van der Waals surface area contributed by atoms with Crippen molar-refractivity contribution < 1.29 is 5.11 Å². The van der Waals surface area contributed by atoms with E-state index in [-0.39, 0.29) is 5.75 Å². The molecule has 1 aromatic heterocycles. The Labute approximate surface area is 84.4 Å². The van der Waals surface area contributed by atoms with Gasteiger partial charge in [-0.3, -0.25) is 0 Å². The van der Waals surface area contributed by atoms with Crippen LogP contribution in [0.1, 0.15) is 0 Å². The minimum absolute atomic E-state index is 0.278. The van der Waals surface area contributed by atoms with Crippen molar-refractivity contribution in [3.8, 4) is 5.75 Å². The van der Waals surface area contributed by atoms with Gasteiger partial charge in [-0.05, 0) is 23.8 Å². The van der Waals surface area contributed by atoms with Gasteiger partial charge in [-0.2, -0.15) is 0 Å². The lowest BCUT2D eigenvalue weighted by Gasteiger charge is -1.96. The number of hydrogen-bond donors (Lipinski definition) is 2. The van der Waals surface area contributed by atoms with E-state index < -0.39 is 0 Å². The van der Waals surface area contributed by atoms with Gasteiger partial charge in [0, 0.05) is 11.8 Å². The lowest BCUT2D eigenvalue weighted by molar-refractivity contribution is 0.483. The predicted molar refractivity (Wildman–Crippen MR) is 59.7 cm³/mol. The van der Waals surface area contributed by atoms with Crippen LogP contribution in [0.15, 0.2) is 22.4 Å². The number of thioether (sulfide) groups is 1. The van der Waals surface area contributed by atoms with Crippen molar-refractivity contribution in [3.63, 3.8) is 0 Å². The fraction of sp³-hybridized carbons (Fsp3) is 0.111. The highest BCUT2D eigenvalue weighted by molar-refractivity contribution is 8.00. The topological polar surface area (TPSA) is 46.2 Å². The van der Waals surface area contributed by atoms with E-state index in [1.54, 1.807) is 29.2 Å². The third-order valence-corrected chi connectivity index (χ3v) is 4.04. The average molecular weight is 211 g/mol. The van der Waals surface area contributed by atoms with E-state index >= 15 is 0 Å². The van der Waals surface area contributed by atoms with Crippen molar-refractivity contribution in [1.29, 1.82) is 0 Å². The lowest BCUT2D eigenvalue weighted by Crippen LogP contribution is -1.82. The van der Waals surface area contributed by atoms with E-state index in [2.05, 4.69) is 0 Å². The van der Waals surface area contributed by atoms with E-state index in [0.717, 1.165) is 10.1 Å². The first-order valence-electron chi connectivity index (χ1n) is 3.76. The van der Waals surface area contributed by atoms with Crippen LogP contribution in [0.3, 0.4) is 0 Å². The zero-order valence-corrected chi connectivity index (χ0v) is 8.71. The zero-order valence-electron chi connectivity index (χ0n) is 7.07. The van der Waals surface area contributed by atoms with E-state index in [1.807, 2.05) is 18.4 Å². The van der Waals surface area contributed by atoms with Gasteiger partial charge in [-0.1, -0.05) is 0 Å². The third-order valence-electron chi connectivity index (χ3n) is 1.80. The van der Waals surface area contributed by atoms with Gasteiger partial charge in [0.25, 0.3) is 0 Å². The minimum atomic E-state index is 0.278. The van der Waals surface area contributed by atoms with Crippen molar-refractivity contribution >= 4 is 38.9 Å². The van der Waals surface area contributed by atoms with Crippen molar-refractivity contribution in [2.75, 3.05) is 12.0 Å². The maximum atomic E-state index is 9.58. The summed E-state index contributed by atoms with van der Waals surface area (Å²) >= 11 is 3.27. The Morgan fingerprint density at radius 2 is 2.15 bits per heavy atom. The van der Waals surface area contributed by atoms with Gasteiger partial charge in [0.15, 0.2) is 0 Å². The summed E-state index contributed by atoms with van der Waals surface area (Å²) in [5.74, 6) is 0.278. The number of benzene rings is 1. The van der Waals surface area contributed by atoms with Crippen LogP contribution in [-0.2, 0) is 0 Å². The number of phenolic OH excluding ortho intramolecular Hbond substituents is 1. The second kappa shape index (κ2) is 3.12. The molecule has 0 atom stereocenters. The van der Waals surface area contributed by atoms with Crippen LogP contribution in [0.4, 0.5) is 5.69 Å². The zero-order chi connectivity index (χ0) is 9.42. The molecule has 0 aliphatic heterocycles. The van der Waals surface area contributed by atoms with E-state index in [4.69, 9.17) is 5.73 Å². The number of anilines is 1. The first kappa shape index (κ1) is 8.72. The Kier molecular flexibility index (Phi) is 2.09. The molecule has 0 saturated carbocycles. The molecule has 0 bridgehead atoms. The number of nitrogens with two attached hydrogens (primary N) is 1. The summed E-state index contributed by atoms with van der Waals surface area (Å²) in [6, 6.07) is 5.51.